The summed E-state index contributed by atoms with van der Waals surface area (Å²) in [5.74, 6) is 0.774. The molecule has 2 rings (SSSR count). The predicted octanol–water partition coefficient (Wildman–Crippen LogP) is 2.87. The van der Waals surface area contributed by atoms with Crippen LogP contribution in [0, 0.1) is 0 Å². The molecule has 4 heteroatoms. The van der Waals surface area contributed by atoms with Crippen molar-refractivity contribution in [3.8, 4) is 5.75 Å². The van der Waals surface area contributed by atoms with Crippen LogP contribution < -0.4 is 4.18 Å². The summed E-state index contributed by atoms with van der Waals surface area (Å²) in [4.78, 5) is 0. The van der Waals surface area contributed by atoms with Crippen molar-refractivity contribution in [3.63, 3.8) is 0 Å². The monoisotopic (exact) mass is 250 g/mol. The zero-order chi connectivity index (χ0) is 12.4. The van der Waals surface area contributed by atoms with Crippen LogP contribution in [-0.2, 0) is 11.0 Å². The van der Waals surface area contributed by atoms with Gasteiger partial charge in [-0.15, -0.1) is 0 Å². The molecule has 0 aliphatic heterocycles. The van der Waals surface area contributed by atoms with Crippen LogP contribution in [0.5, 0.6) is 5.75 Å². The Bertz CT molecular complexity index is 607. The van der Waals surface area contributed by atoms with E-state index in [4.69, 9.17) is 4.18 Å². The number of thiol groups is 1. The third-order valence-corrected chi connectivity index (χ3v) is 3.06. The lowest BCUT2D eigenvalue weighted by Gasteiger charge is -2.11. The first-order valence-electron chi connectivity index (χ1n) is 5.43. The molecule has 0 fully saturated rings. The second-order valence-corrected chi connectivity index (χ2v) is 4.80. The van der Waals surface area contributed by atoms with E-state index in [-0.39, 0.29) is 0 Å². The molecule has 0 aliphatic carbocycles. The molecule has 0 spiro atoms. The Morgan fingerprint density at radius 2 is 1.65 bits per heavy atom. The fraction of sp³-hybridized carbons (Fsp3) is 0.231. The van der Waals surface area contributed by atoms with Crippen molar-refractivity contribution in [1.82, 2.24) is 0 Å². The number of hydrogen-bond donors (Lipinski definition) is 1. The maximum atomic E-state index is 10.6. The van der Waals surface area contributed by atoms with Gasteiger partial charge in [0, 0.05) is 5.39 Å². The third kappa shape index (κ3) is 2.42. The molecule has 0 amide bonds. The summed E-state index contributed by atoms with van der Waals surface area (Å²) in [6, 6.07) is 11.3. The maximum Gasteiger partial charge on any atom is 0.299 e. The van der Waals surface area contributed by atoms with Crippen LogP contribution in [0.25, 0.3) is 10.8 Å². The normalized spacial score (nSPS) is 11.3. The van der Waals surface area contributed by atoms with E-state index in [1.807, 2.05) is 30.3 Å². The average Bonchev–Trinajstić information content (AvgIpc) is 2.28. The molecule has 3 nitrogen and oxygen atoms in total. The van der Waals surface area contributed by atoms with E-state index in [0.29, 0.717) is 11.7 Å². The van der Waals surface area contributed by atoms with E-state index in [2.05, 4.69) is 13.8 Å². The van der Waals surface area contributed by atoms with E-state index in [9.17, 15) is 8.42 Å². The summed E-state index contributed by atoms with van der Waals surface area (Å²) in [6.07, 6.45) is 0. The van der Waals surface area contributed by atoms with Crippen LogP contribution >= 0.6 is 0 Å². The van der Waals surface area contributed by atoms with Crippen molar-refractivity contribution < 1.29 is 12.6 Å². The molecule has 90 valence electrons. The van der Waals surface area contributed by atoms with Crippen LogP contribution in [0.15, 0.2) is 36.4 Å². The van der Waals surface area contributed by atoms with Crippen molar-refractivity contribution in [2.24, 2.45) is 0 Å². The van der Waals surface area contributed by atoms with Crippen molar-refractivity contribution in [1.29, 1.82) is 0 Å². The molecule has 0 bridgehead atoms. The van der Waals surface area contributed by atoms with Gasteiger partial charge in [-0.05, 0) is 22.9 Å². The van der Waals surface area contributed by atoms with Gasteiger partial charge in [0.25, 0.3) is 11.0 Å². The molecule has 0 saturated heterocycles. The van der Waals surface area contributed by atoms with Gasteiger partial charge in [0.05, 0.1) is 0 Å². The molecular formula is C13H14O3S. The van der Waals surface area contributed by atoms with Gasteiger partial charge < -0.3 is 4.18 Å². The fourth-order valence-corrected chi connectivity index (χ4v) is 2.29. The molecule has 0 atom stereocenters. The Balaban J connectivity index is 2.69. The summed E-state index contributed by atoms with van der Waals surface area (Å²) >= 11 is 0. The van der Waals surface area contributed by atoms with Gasteiger partial charge in [-0.1, -0.05) is 44.2 Å². The molecule has 17 heavy (non-hydrogen) atoms. The van der Waals surface area contributed by atoms with Crippen LogP contribution in [0.3, 0.4) is 0 Å². The fourth-order valence-electron chi connectivity index (χ4n) is 1.97. The Morgan fingerprint density at radius 1 is 1.00 bits per heavy atom. The molecule has 0 saturated carbocycles. The van der Waals surface area contributed by atoms with Gasteiger partial charge >= 0.3 is 0 Å². The van der Waals surface area contributed by atoms with E-state index >= 15 is 0 Å². The summed E-state index contributed by atoms with van der Waals surface area (Å²) in [6.45, 7) is 4.22. The SMILES string of the molecule is CC(C)c1cccc2c(O[SH](=O)=O)cccc12. The summed E-state index contributed by atoms with van der Waals surface area (Å²) < 4.78 is 26.1. The third-order valence-electron chi connectivity index (χ3n) is 2.71. The minimum atomic E-state index is -2.87. The van der Waals surface area contributed by atoms with Crippen LogP contribution in [0.1, 0.15) is 25.3 Å². The highest BCUT2D eigenvalue weighted by Gasteiger charge is 2.08. The minimum Gasteiger partial charge on any atom is -0.384 e. The molecule has 0 heterocycles. The van der Waals surface area contributed by atoms with Gasteiger partial charge in [0.15, 0.2) is 0 Å². The first-order valence-corrected chi connectivity index (χ1v) is 6.53. The minimum absolute atomic E-state index is 0.384. The van der Waals surface area contributed by atoms with Gasteiger partial charge in [-0.2, -0.15) is 8.42 Å². The molecule has 0 unspecified atom stereocenters. The maximum absolute atomic E-state index is 10.6. The largest absolute Gasteiger partial charge is 0.384 e. The molecule has 2 aromatic carbocycles. The molecule has 0 N–H and O–H groups in total. The van der Waals surface area contributed by atoms with Gasteiger partial charge in [0.2, 0.25) is 0 Å². The Kier molecular flexibility index (Phi) is 3.33. The highest BCUT2D eigenvalue weighted by Crippen LogP contribution is 2.31. The van der Waals surface area contributed by atoms with Gasteiger partial charge in [-0.3, -0.25) is 0 Å². The Labute approximate surface area is 102 Å². The number of benzene rings is 2. The second-order valence-electron chi connectivity index (χ2n) is 4.17. The zero-order valence-electron chi connectivity index (χ0n) is 9.71. The summed E-state index contributed by atoms with van der Waals surface area (Å²) in [7, 11) is -2.87. The smallest absolute Gasteiger partial charge is 0.299 e. The molecule has 0 aromatic heterocycles. The van der Waals surface area contributed by atoms with E-state index in [1.165, 1.54) is 5.56 Å². The summed E-state index contributed by atoms with van der Waals surface area (Å²) in [5.41, 5.74) is 1.19. The van der Waals surface area contributed by atoms with E-state index in [0.717, 1.165) is 10.8 Å². The Morgan fingerprint density at radius 3 is 2.29 bits per heavy atom. The van der Waals surface area contributed by atoms with Crippen molar-refractivity contribution in [2.45, 2.75) is 19.8 Å². The quantitative estimate of drug-likeness (QED) is 0.852. The van der Waals surface area contributed by atoms with Crippen LogP contribution in [0.4, 0.5) is 0 Å². The molecule has 0 radical (unpaired) electrons. The summed E-state index contributed by atoms with van der Waals surface area (Å²) in [5, 5.41) is 1.87. The van der Waals surface area contributed by atoms with E-state index in [1.54, 1.807) is 6.07 Å². The first kappa shape index (κ1) is 11.9. The Hall–Kier alpha value is -1.55. The highest BCUT2D eigenvalue weighted by atomic mass is 32.2. The predicted molar refractivity (Wildman–Crippen MR) is 69.0 cm³/mol. The number of rotatable bonds is 3. The lowest BCUT2D eigenvalue weighted by molar-refractivity contribution is 0.513. The van der Waals surface area contributed by atoms with Crippen molar-refractivity contribution in [2.75, 3.05) is 0 Å². The molecular weight excluding hydrogens is 236 g/mol. The van der Waals surface area contributed by atoms with Crippen molar-refractivity contribution in [3.05, 3.63) is 42.0 Å². The highest BCUT2D eigenvalue weighted by molar-refractivity contribution is 7.67. The van der Waals surface area contributed by atoms with Gasteiger partial charge in [-0.25, -0.2) is 0 Å². The zero-order valence-corrected chi connectivity index (χ0v) is 10.6. The van der Waals surface area contributed by atoms with Crippen LogP contribution in [-0.4, -0.2) is 8.42 Å². The topological polar surface area (TPSA) is 43.4 Å². The van der Waals surface area contributed by atoms with Gasteiger partial charge in [0.1, 0.15) is 5.75 Å². The number of fused-ring (bicyclic) bond motifs is 1. The van der Waals surface area contributed by atoms with E-state index < -0.39 is 11.0 Å². The lowest BCUT2D eigenvalue weighted by atomic mass is 9.96. The lowest BCUT2D eigenvalue weighted by Crippen LogP contribution is -1.93. The van der Waals surface area contributed by atoms with Crippen molar-refractivity contribution >= 4 is 21.8 Å². The first-order chi connectivity index (χ1) is 8.09. The molecule has 0 aliphatic rings. The van der Waals surface area contributed by atoms with Crippen LogP contribution in [0.2, 0.25) is 0 Å². The second kappa shape index (κ2) is 4.75. The molecule has 2 aromatic rings. The average molecular weight is 250 g/mol. The standard InChI is InChI=1S/C13H14O3S/c1-9(2)10-5-3-7-12-11(10)6-4-8-13(12)16-17(14)15/h3-9,17H,1-2H3. The number of hydrogen-bond acceptors (Lipinski definition) is 3.